The summed E-state index contributed by atoms with van der Waals surface area (Å²) in [5, 5.41) is 5.10. The lowest BCUT2D eigenvalue weighted by molar-refractivity contribution is 0.174. The molecule has 2 aromatic carbocycles. The lowest BCUT2D eigenvalue weighted by atomic mass is 9.96. The molecule has 4 aromatic rings. The highest BCUT2D eigenvalue weighted by Gasteiger charge is 2.27. The number of aryl methyl sites for hydroxylation is 2. The fraction of sp³-hybridized carbons (Fsp3) is 0.379. The van der Waals surface area contributed by atoms with Crippen LogP contribution in [0, 0.1) is 6.92 Å². The predicted octanol–water partition coefficient (Wildman–Crippen LogP) is 4.63. The summed E-state index contributed by atoms with van der Waals surface area (Å²) in [6.45, 7) is 7.36. The van der Waals surface area contributed by atoms with Gasteiger partial charge in [-0.25, -0.2) is 4.98 Å². The van der Waals surface area contributed by atoms with Crippen molar-refractivity contribution in [1.82, 2.24) is 19.5 Å². The molecule has 4 heterocycles. The summed E-state index contributed by atoms with van der Waals surface area (Å²) < 4.78 is 13.2. The molecule has 0 atom stereocenters. The number of hydrogen-bond donors (Lipinski definition) is 0. The maximum absolute atomic E-state index is 5.57. The zero-order valence-corrected chi connectivity index (χ0v) is 20.7. The monoisotopic (exact) mass is 481 g/mol. The molecule has 1 fully saturated rings. The van der Waals surface area contributed by atoms with E-state index in [0.29, 0.717) is 6.79 Å². The van der Waals surface area contributed by atoms with E-state index in [4.69, 9.17) is 19.6 Å². The first-order valence-electron chi connectivity index (χ1n) is 13.1. The molecule has 0 amide bonds. The first kappa shape index (κ1) is 21.7. The molecule has 0 N–H and O–H groups in total. The molecule has 2 aliphatic heterocycles. The van der Waals surface area contributed by atoms with Crippen molar-refractivity contribution < 1.29 is 9.47 Å². The molecule has 36 heavy (non-hydrogen) atoms. The van der Waals surface area contributed by atoms with Crippen LogP contribution in [0.2, 0.25) is 0 Å². The van der Waals surface area contributed by atoms with E-state index in [-0.39, 0.29) is 0 Å². The van der Waals surface area contributed by atoms with Crippen molar-refractivity contribution in [3.05, 3.63) is 70.9 Å². The number of hydrogen-bond acceptors (Lipinski definition) is 6. The molecular formula is C29H31N5O2. The number of aromatic nitrogens is 3. The van der Waals surface area contributed by atoms with Crippen LogP contribution in [-0.2, 0) is 19.4 Å². The van der Waals surface area contributed by atoms with Gasteiger partial charge < -0.3 is 14.4 Å². The smallest absolute Gasteiger partial charge is 0.231 e. The average molecular weight is 482 g/mol. The maximum Gasteiger partial charge on any atom is 0.231 e. The lowest BCUT2D eigenvalue weighted by Crippen LogP contribution is -2.47. The molecule has 7 heteroatoms. The van der Waals surface area contributed by atoms with Crippen LogP contribution in [0.5, 0.6) is 11.5 Å². The highest BCUT2D eigenvalue weighted by Crippen LogP contribution is 2.34. The topological polar surface area (TPSA) is 55.1 Å². The van der Waals surface area contributed by atoms with E-state index < -0.39 is 0 Å². The SMILES string of the molecule is Cc1cccc(-c2cc3nc4c(c(N5CCN(Cc6ccc7c(c6)OCO7)CC5)n3n2)CCCC4)c1. The van der Waals surface area contributed by atoms with E-state index in [2.05, 4.69) is 63.7 Å². The van der Waals surface area contributed by atoms with Gasteiger partial charge in [0.15, 0.2) is 17.1 Å². The van der Waals surface area contributed by atoms with Gasteiger partial charge in [0.05, 0.1) is 5.69 Å². The molecule has 7 rings (SSSR count). The summed E-state index contributed by atoms with van der Waals surface area (Å²) in [5.41, 5.74) is 8.29. The van der Waals surface area contributed by atoms with Crippen LogP contribution in [0.4, 0.5) is 5.82 Å². The standard InChI is InChI=1S/C29H31N5O2/c1-20-5-4-6-22(15-20)25-17-28-30-24-8-3-2-7-23(24)29(34(28)31-25)33-13-11-32(12-14-33)18-21-9-10-26-27(16-21)36-19-35-26/h4-6,9-10,15-17H,2-3,7-8,11-14,18-19H2,1H3. The number of piperazine rings is 1. The number of rotatable bonds is 4. The van der Waals surface area contributed by atoms with Crippen LogP contribution >= 0.6 is 0 Å². The van der Waals surface area contributed by atoms with Crippen LogP contribution in [0.25, 0.3) is 16.9 Å². The van der Waals surface area contributed by atoms with Gasteiger partial charge in [-0.2, -0.15) is 9.61 Å². The number of benzene rings is 2. The normalized spacial score (nSPS) is 17.5. The van der Waals surface area contributed by atoms with Gasteiger partial charge in [-0.3, -0.25) is 4.90 Å². The van der Waals surface area contributed by atoms with Gasteiger partial charge in [0.1, 0.15) is 5.82 Å². The van der Waals surface area contributed by atoms with E-state index in [1.165, 1.54) is 41.0 Å². The predicted molar refractivity (Wildman–Crippen MR) is 140 cm³/mol. The van der Waals surface area contributed by atoms with Gasteiger partial charge in [-0.1, -0.05) is 29.8 Å². The average Bonchev–Trinajstić information content (AvgIpc) is 3.54. The Hall–Kier alpha value is -3.58. The summed E-state index contributed by atoms with van der Waals surface area (Å²) in [4.78, 5) is 10.2. The van der Waals surface area contributed by atoms with Crippen molar-refractivity contribution >= 4 is 11.5 Å². The Kier molecular flexibility index (Phi) is 5.31. The molecule has 1 aliphatic carbocycles. The first-order valence-corrected chi connectivity index (χ1v) is 13.1. The second-order valence-electron chi connectivity index (χ2n) is 10.2. The first-order chi connectivity index (χ1) is 17.7. The minimum atomic E-state index is 0.321. The molecule has 184 valence electrons. The Labute approximate surface area is 211 Å². The minimum Gasteiger partial charge on any atom is -0.454 e. The van der Waals surface area contributed by atoms with Crippen LogP contribution in [0.15, 0.2) is 48.5 Å². The lowest BCUT2D eigenvalue weighted by Gasteiger charge is -2.37. The quantitative estimate of drug-likeness (QED) is 0.424. The molecule has 7 nitrogen and oxygen atoms in total. The van der Waals surface area contributed by atoms with Crippen molar-refractivity contribution in [2.24, 2.45) is 0 Å². The fourth-order valence-corrected chi connectivity index (χ4v) is 5.81. The van der Waals surface area contributed by atoms with E-state index in [9.17, 15) is 0 Å². The fourth-order valence-electron chi connectivity index (χ4n) is 5.81. The highest BCUT2D eigenvalue weighted by molar-refractivity contribution is 5.68. The van der Waals surface area contributed by atoms with E-state index in [1.54, 1.807) is 0 Å². The molecule has 1 saturated heterocycles. The highest BCUT2D eigenvalue weighted by atomic mass is 16.7. The summed E-state index contributed by atoms with van der Waals surface area (Å²) in [7, 11) is 0. The van der Waals surface area contributed by atoms with Gasteiger partial charge in [0.2, 0.25) is 6.79 Å². The van der Waals surface area contributed by atoms with E-state index >= 15 is 0 Å². The maximum atomic E-state index is 5.57. The molecule has 0 spiro atoms. The van der Waals surface area contributed by atoms with Crippen molar-refractivity contribution in [2.45, 2.75) is 39.2 Å². The second-order valence-corrected chi connectivity index (χ2v) is 10.2. The van der Waals surface area contributed by atoms with Gasteiger partial charge in [0.25, 0.3) is 0 Å². The van der Waals surface area contributed by atoms with Crippen molar-refractivity contribution in [3.63, 3.8) is 0 Å². The van der Waals surface area contributed by atoms with Gasteiger partial charge in [-0.05, 0) is 56.4 Å². The van der Waals surface area contributed by atoms with Crippen LogP contribution < -0.4 is 14.4 Å². The molecule has 0 radical (unpaired) electrons. The Morgan fingerprint density at radius 1 is 0.889 bits per heavy atom. The number of nitrogens with zero attached hydrogens (tertiary/aromatic N) is 5. The third kappa shape index (κ3) is 3.88. The summed E-state index contributed by atoms with van der Waals surface area (Å²) in [6.07, 6.45) is 4.60. The zero-order valence-electron chi connectivity index (χ0n) is 20.7. The molecule has 0 unspecified atom stereocenters. The van der Waals surface area contributed by atoms with Crippen molar-refractivity contribution in [2.75, 3.05) is 37.9 Å². The van der Waals surface area contributed by atoms with Crippen LogP contribution in [-0.4, -0.2) is 52.5 Å². The van der Waals surface area contributed by atoms with Crippen molar-refractivity contribution in [1.29, 1.82) is 0 Å². The second kappa shape index (κ2) is 8.82. The van der Waals surface area contributed by atoms with Gasteiger partial charge in [-0.15, -0.1) is 0 Å². The number of ether oxygens (including phenoxy) is 2. The molecular weight excluding hydrogens is 450 g/mol. The Morgan fingerprint density at radius 3 is 2.64 bits per heavy atom. The zero-order chi connectivity index (χ0) is 24.1. The Bertz CT molecular complexity index is 1440. The molecule has 2 aromatic heterocycles. The molecule has 3 aliphatic rings. The summed E-state index contributed by atoms with van der Waals surface area (Å²) in [5.74, 6) is 2.97. The minimum absolute atomic E-state index is 0.321. The van der Waals surface area contributed by atoms with E-state index in [1.807, 2.05) is 6.07 Å². The number of fused-ring (bicyclic) bond motifs is 3. The van der Waals surface area contributed by atoms with Crippen LogP contribution in [0.1, 0.15) is 35.2 Å². The van der Waals surface area contributed by atoms with Crippen molar-refractivity contribution in [3.8, 4) is 22.8 Å². The number of anilines is 1. The van der Waals surface area contributed by atoms with E-state index in [0.717, 1.165) is 74.0 Å². The summed E-state index contributed by atoms with van der Waals surface area (Å²) in [6, 6.07) is 17.0. The van der Waals surface area contributed by atoms with Gasteiger partial charge in [0, 0.05) is 55.6 Å². The Morgan fingerprint density at radius 2 is 1.75 bits per heavy atom. The largest absolute Gasteiger partial charge is 0.454 e. The Balaban J connectivity index is 1.17. The third-order valence-electron chi connectivity index (χ3n) is 7.68. The molecule has 0 saturated carbocycles. The molecule has 0 bridgehead atoms. The van der Waals surface area contributed by atoms with Crippen LogP contribution in [0.3, 0.4) is 0 Å². The summed E-state index contributed by atoms with van der Waals surface area (Å²) >= 11 is 0. The third-order valence-corrected chi connectivity index (χ3v) is 7.68. The van der Waals surface area contributed by atoms with Gasteiger partial charge >= 0.3 is 0 Å².